The van der Waals surface area contributed by atoms with E-state index in [9.17, 15) is 4.79 Å². The van der Waals surface area contributed by atoms with Crippen LogP contribution in [0.15, 0.2) is 24.3 Å². The summed E-state index contributed by atoms with van der Waals surface area (Å²) < 4.78 is 5.46. The number of ether oxygens (including phenoxy) is 1. The lowest BCUT2D eigenvalue weighted by atomic mass is 10.2. The number of hydrogen-bond acceptors (Lipinski definition) is 3. The van der Waals surface area contributed by atoms with Gasteiger partial charge in [0.05, 0.1) is 24.6 Å². The fourth-order valence-electron chi connectivity index (χ4n) is 1.55. The van der Waals surface area contributed by atoms with Crippen molar-refractivity contribution >= 4 is 34.7 Å². The Morgan fingerprint density at radius 2 is 2.10 bits per heavy atom. The number of carbonyl (C=O) groups excluding carboxylic acids is 1. The summed E-state index contributed by atoms with van der Waals surface area (Å²) in [5.41, 5.74) is 6.32. The van der Waals surface area contributed by atoms with Crippen LogP contribution in [-0.4, -0.2) is 36.0 Å². The number of nitrogens with zero attached hydrogens (tertiary/aromatic N) is 1. The summed E-state index contributed by atoms with van der Waals surface area (Å²) >= 11 is 10.8. The molecular formula is C14H19ClN2O2S. The summed E-state index contributed by atoms with van der Waals surface area (Å²) in [6.07, 6.45) is 0.871. The predicted molar refractivity (Wildman–Crippen MR) is 84.8 cm³/mol. The Bertz CT molecular complexity index is 468. The molecule has 0 fully saturated rings. The predicted octanol–water partition coefficient (Wildman–Crippen LogP) is 2.38. The molecule has 0 aromatic heterocycles. The van der Waals surface area contributed by atoms with Gasteiger partial charge in [-0.15, -0.1) is 0 Å². The van der Waals surface area contributed by atoms with Crippen molar-refractivity contribution < 1.29 is 9.53 Å². The molecule has 110 valence electrons. The first-order chi connectivity index (χ1) is 9.50. The highest BCUT2D eigenvalue weighted by atomic mass is 35.5. The van der Waals surface area contributed by atoms with Crippen LogP contribution in [0, 0.1) is 0 Å². The standard InChI is InChI=1S/C14H19ClN2O2S/c1-17(8-6-13(16)20)14(18)7-9-19-10-11-4-2-3-5-12(11)15/h2-5H,6-10H2,1H3,(H2,16,20). The number of thiocarbonyl (C=S) groups is 1. The van der Waals surface area contributed by atoms with Gasteiger partial charge < -0.3 is 15.4 Å². The van der Waals surface area contributed by atoms with Crippen molar-refractivity contribution in [1.29, 1.82) is 0 Å². The quantitative estimate of drug-likeness (QED) is 0.591. The SMILES string of the molecule is CN(CCC(N)=S)C(=O)CCOCc1ccccc1Cl. The summed E-state index contributed by atoms with van der Waals surface area (Å²) in [4.78, 5) is 13.8. The van der Waals surface area contributed by atoms with Crippen molar-refractivity contribution in [1.82, 2.24) is 4.90 Å². The van der Waals surface area contributed by atoms with Gasteiger partial charge in [-0.25, -0.2) is 0 Å². The van der Waals surface area contributed by atoms with Crippen LogP contribution in [0.3, 0.4) is 0 Å². The Kier molecular flexibility index (Phi) is 7.51. The molecule has 0 bridgehead atoms. The van der Waals surface area contributed by atoms with Crippen LogP contribution in [0.2, 0.25) is 5.02 Å². The highest BCUT2D eigenvalue weighted by Crippen LogP contribution is 2.15. The molecule has 0 saturated carbocycles. The molecule has 1 amide bonds. The van der Waals surface area contributed by atoms with E-state index in [4.69, 9.17) is 34.3 Å². The first-order valence-electron chi connectivity index (χ1n) is 6.34. The van der Waals surface area contributed by atoms with Crippen molar-refractivity contribution in [2.45, 2.75) is 19.4 Å². The molecule has 2 N–H and O–H groups in total. The molecule has 1 rings (SSSR count). The molecule has 0 aliphatic rings. The average molecular weight is 315 g/mol. The minimum absolute atomic E-state index is 0.0143. The van der Waals surface area contributed by atoms with E-state index in [-0.39, 0.29) is 5.91 Å². The Balaban J connectivity index is 2.22. The molecule has 0 aliphatic carbocycles. The topological polar surface area (TPSA) is 55.6 Å². The van der Waals surface area contributed by atoms with Gasteiger partial charge in [-0.05, 0) is 11.6 Å². The lowest BCUT2D eigenvalue weighted by molar-refractivity contribution is -0.131. The summed E-state index contributed by atoms with van der Waals surface area (Å²) in [7, 11) is 1.73. The first-order valence-corrected chi connectivity index (χ1v) is 7.12. The third-order valence-corrected chi connectivity index (χ3v) is 3.37. The number of halogens is 1. The third-order valence-electron chi connectivity index (χ3n) is 2.80. The molecule has 0 unspecified atom stereocenters. The van der Waals surface area contributed by atoms with Gasteiger partial charge in [-0.2, -0.15) is 0 Å². The number of carbonyl (C=O) groups is 1. The monoisotopic (exact) mass is 314 g/mol. The molecule has 20 heavy (non-hydrogen) atoms. The minimum atomic E-state index is 0.0143. The van der Waals surface area contributed by atoms with Gasteiger partial charge in [0.15, 0.2) is 0 Å². The molecule has 0 saturated heterocycles. The normalized spacial score (nSPS) is 10.3. The highest BCUT2D eigenvalue weighted by molar-refractivity contribution is 7.80. The van der Waals surface area contributed by atoms with Crippen LogP contribution in [0.4, 0.5) is 0 Å². The molecule has 0 atom stereocenters. The Morgan fingerprint density at radius 3 is 2.75 bits per heavy atom. The van der Waals surface area contributed by atoms with Crippen molar-refractivity contribution in [2.24, 2.45) is 5.73 Å². The zero-order chi connectivity index (χ0) is 15.0. The van der Waals surface area contributed by atoms with Crippen LogP contribution in [0.5, 0.6) is 0 Å². The number of hydrogen-bond donors (Lipinski definition) is 1. The van der Waals surface area contributed by atoms with Gasteiger partial charge in [-0.1, -0.05) is 42.0 Å². The van der Waals surface area contributed by atoms with Gasteiger partial charge in [0.25, 0.3) is 0 Å². The smallest absolute Gasteiger partial charge is 0.224 e. The second-order valence-electron chi connectivity index (χ2n) is 4.43. The van der Waals surface area contributed by atoms with Crippen molar-refractivity contribution in [3.63, 3.8) is 0 Å². The maximum atomic E-state index is 11.8. The fourth-order valence-corrected chi connectivity index (χ4v) is 1.83. The average Bonchev–Trinajstić information content (AvgIpc) is 2.42. The molecule has 4 nitrogen and oxygen atoms in total. The Labute approximate surface area is 129 Å². The van der Waals surface area contributed by atoms with Gasteiger partial charge in [0, 0.05) is 25.0 Å². The molecule has 0 spiro atoms. The first kappa shape index (κ1) is 16.9. The minimum Gasteiger partial charge on any atom is -0.393 e. The molecular weight excluding hydrogens is 296 g/mol. The van der Waals surface area contributed by atoms with E-state index in [1.807, 2.05) is 24.3 Å². The van der Waals surface area contributed by atoms with E-state index in [0.717, 1.165) is 5.56 Å². The third kappa shape index (κ3) is 6.32. The maximum absolute atomic E-state index is 11.8. The van der Waals surface area contributed by atoms with Gasteiger partial charge >= 0.3 is 0 Å². The summed E-state index contributed by atoms with van der Waals surface area (Å²) in [5, 5.41) is 0.674. The zero-order valence-electron chi connectivity index (χ0n) is 11.5. The van der Waals surface area contributed by atoms with E-state index in [0.29, 0.717) is 42.6 Å². The molecule has 0 heterocycles. The molecule has 6 heteroatoms. The van der Waals surface area contributed by atoms with Crippen LogP contribution < -0.4 is 5.73 Å². The fraction of sp³-hybridized carbons (Fsp3) is 0.429. The summed E-state index contributed by atoms with van der Waals surface area (Å²) in [6.45, 7) is 1.31. The molecule has 0 radical (unpaired) electrons. The number of nitrogens with two attached hydrogens (primary N) is 1. The molecule has 0 aliphatic heterocycles. The van der Waals surface area contributed by atoms with E-state index >= 15 is 0 Å². The molecule has 1 aromatic rings. The number of amides is 1. The second kappa shape index (κ2) is 8.89. The maximum Gasteiger partial charge on any atom is 0.224 e. The van der Waals surface area contributed by atoms with Crippen molar-refractivity contribution in [3.05, 3.63) is 34.9 Å². The van der Waals surface area contributed by atoms with Gasteiger partial charge in [0.1, 0.15) is 0 Å². The van der Waals surface area contributed by atoms with Crippen LogP contribution >= 0.6 is 23.8 Å². The van der Waals surface area contributed by atoms with E-state index < -0.39 is 0 Å². The van der Waals surface area contributed by atoms with Crippen LogP contribution in [0.1, 0.15) is 18.4 Å². The van der Waals surface area contributed by atoms with Gasteiger partial charge in [0.2, 0.25) is 5.91 Å². The van der Waals surface area contributed by atoms with E-state index in [1.54, 1.807) is 11.9 Å². The largest absolute Gasteiger partial charge is 0.393 e. The molecule has 1 aromatic carbocycles. The number of rotatable bonds is 8. The van der Waals surface area contributed by atoms with Crippen molar-refractivity contribution in [2.75, 3.05) is 20.2 Å². The lowest BCUT2D eigenvalue weighted by Gasteiger charge is -2.16. The van der Waals surface area contributed by atoms with Crippen LogP contribution in [-0.2, 0) is 16.1 Å². The van der Waals surface area contributed by atoms with Crippen LogP contribution in [0.25, 0.3) is 0 Å². The summed E-state index contributed by atoms with van der Waals surface area (Å²) in [6, 6.07) is 7.48. The van der Waals surface area contributed by atoms with Gasteiger partial charge in [-0.3, -0.25) is 4.79 Å². The zero-order valence-corrected chi connectivity index (χ0v) is 13.0. The highest BCUT2D eigenvalue weighted by Gasteiger charge is 2.08. The van der Waals surface area contributed by atoms with E-state index in [1.165, 1.54) is 0 Å². The van der Waals surface area contributed by atoms with E-state index in [2.05, 4.69) is 0 Å². The lowest BCUT2D eigenvalue weighted by Crippen LogP contribution is -2.30. The Morgan fingerprint density at radius 1 is 1.40 bits per heavy atom. The van der Waals surface area contributed by atoms with Crippen molar-refractivity contribution in [3.8, 4) is 0 Å². The number of benzene rings is 1. The Hall–Kier alpha value is -1.17. The second-order valence-corrected chi connectivity index (χ2v) is 5.36. The summed E-state index contributed by atoms with van der Waals surface area (Å²) in [5.74, 6) is 0.0143.